The van der Waals surface area contributed by atoms with Crippen molar-refractivity contribution in [2.45, 2.75) is 93.3 Å². The molecule has 148 valence electrons. The summed E-state index contributed by atoms with van der Waals surface area (Å²) in [5, 5.41) is 10.2. The van der Waals surface area contributed by atoms with E-state index >= 15 is 0 Å². The molecule has 3 aliphatic rings. The third-order valence-electron chi connectivity index (χ3n) is 5.44. The Bertz CT molecular complexity index is 507. The van der Waals surface area contributed by atoms with Crippen LogP contribution in [-0.4, -0.2) is 52.7 Å². The summed E-state index contributed by atoms with van der Waals surface area (Å²) < 4.78 is 13.4. The molecule has 3 rings (SSSR count). The van der Waals surface area contributed by atoms with E-state index in [9.17, 15) is 9.18 Å². The number of aliphatic imine (C=N–C) groups is 1. The first kappa shape index (κ1) is 20.2. The SMILES string of the molecule is CC1NC(C(=O)NC(=NC2CCC(F)CC2)NC2CCC(Cl)CC2)CS1. The number of alkyl halides is 2. The van der Waals surface area contributed by atoms with Gasteiger partial charge in [-0.15, -0.1) is 23.4 Å². The number of carbonyl (C=O) groups is 1. The quantitative estimate of drug-likeness (QED) is 0.384. The highest BCUT2D eigenvalue weighted by atomic mass is 35.5. The predicted molar refractivity (Wildman–Crippen MR) is 107 cm³/mol. The molecule has 2 saturated carbocycles. The van der Waals surface area contributed by atoms with Crippen molar-refractivity contribution >= 4 is 35.2 Å². The fourth-order valence-electron chi connectivity index (χ4n) is 3.82. The Balaban J connectivity index is 1.61. The molecule has 8 heteroatoms. The van der Waals surface area contributed by atoms with Crippen molar-refractivity contribution in [1.29, 1.82) is 0 Å². The third-order valence-corrected chi connectivity index (χ3v) is 7.04. The Morgan fingerprint density at radius 1 is 1.15 bits per heavy atom. The van der Waals surface area contributed by atoms with Gasteiger partial charge in [-0.3, -0.25) is 15.4 Å². The normalized spacial score (nSPS) is 38.8. The van der Waals surface area contributed by atoms with Gasteiger partial charge < -0.3 is 5.32 Å². The monoisotopic (exact) mass is 404 g/mol. The Kier molecular flexibility index (Phi) is 7.46. The summed E-state index contributed by atoms with van der Waals surface area (Å²) in [6.45, 7) is 2.06. The van der Waals surface area contributed by atoms with E-state index in [4.69, 9.17) is 16.6 Å². The smallest absolute Gasteiger partial charge is 0.244 e. The standard InChI is InChI=1S/C18H30ClFN4OS/c1-11-21-16(10-26-11)17(25)24-18(22-14-6-2-12(19)3-7-14)23-15-8-4-13(20)5-9-15/h11-16,21H,2-10H2,1H3,(H2,22,23,24,25). The highest BCUT2D eigenvalue weighted by molar-refractivity contribution is 8.00. The molecule has 0 aromatic carbocycles. The minimum Gasteiger partial charge on any atom is -0.353 e. The maximum atomic E-state index is 13.4. The molecular weight excluding hydrogens is 375 g/mol. The average Bonchev–Trinajstić information content (AvgIpc) is 3.05. The van der Waals surface area contributed by atoms with E-state index in [0.29, 0.717) is 18.8 Å². The van der Waals surface area contributed by atoms with Crippen LogP contribution in [0.4, 0.5) is 4.39 Å². The van der Waals surface area contributed by atoms with E-state index in [2.05, 4.69) is 22.9 Å². The first-order valence-corrected chi connectivity index (χ1v) is 11.3. The number of nitrogens with zero attached hydrogens (tertiary/aromatic N) is 1. The largest absolute Gasteiger partial charge is 0.353 e. The topological polar surface area (TPSA) is 65.5 Å². The lowest BCUT2D eigenvalue weighted by atomic mass is 9.94. The van der Waals surface area contributed by atoms with Gasteiger partial charge in [-0.1, -0.05) is 0 Å². The van der Waals surface area contributed by atoms with E-state index < -0.39 is 6.17 Å². The van der Waals surface area contributed by atoms with Crippen LogP contribution in [0, 0.1) is 0 Å². The lowest BCUT2D eigenvalue weighted by Crippen LogP contribution is -2.52. The molecule has 2 aliphatic carbocycles. The van der Waals surface area contributed by atoms with Gasteiger partial charge in [-0.2, -0.15) is 0 Å². The zero-order valence-corrected chi connectivity index (χ0v) is 16.9. The number of guanidine groups is 1. The van der Waals surface area contributed by atoms with Crippen LogP contribution in [0.5, 0.6) is 0 Å². The molecule has 3 N–H and O–H groups in total. The van der Waals surface area contributed by atoms with Gasteiger partial charge in [0.25, 0.3) is 0 Å². The molecule has 3 fully saturated rings. The summed E-state index contributed by atoms with van der Waals surface area (Å²) in [4.78, 5) is 17.4. The zero-order valence-electron chi connectivity index (χ0n) is 15.3. The van der Waals surface area contributed by atoms with Crippen molar-refractivity contribution in [3.05, 3.63) is 0 Å². The Morgan fingerprint density at radius 3 is 2.46 bits per heavy atom. The molecule has 2 unspecified atom stereocenters. The van der Waals surface area contributed by atoms with E-state index in [1.807, 2.05) is 0 Å². The van der Waals surface area contributed by atoms with Gasteiger partial charge in [0, 0.05) is 17.2 Å². The number of thioether (sulfide) groups is 1. The fourth-order valence-corrected chi connectivity index (χ4v) is 5.06. The van der Waals surface area contributed by atoms with Crippen LogP contribution in [0.3, 0.4) is 0 Å². The predicted octanol–water partition coefficient (Wildman–Crippen LogP) is 2.93. The van der Waals surface area contributed by atoms with Crippen LogP contribution in [0.2, 0.25) is 0 Å². The zero-order chi connectivity index (χ0) is 18.5. The second-order valence-corrected chi connectivity index (χ2v) is 9.65. The minimum absolute atomic E-state index is 0.0432. The number of rotatable bonds is 3. The van der Waals surface area contributed by atoms with Crippen molar-refractivity contribution < 1.29 is 9.18 Å². The van der Waals surface area contributed by atoms with Crippen molar-refractivity contribution in [1.82, 2.24) is 16.0 Å². The highest BCUT2D eigenvalue weighted by Crippen LogP contribution is 2.25. The molecule has 1 saturated heterocycles. The van der Waals surface area contributed by atoms with Crippen molar-refractivity contribution in [2.75, 3.05) is 5.75 Å². The van der Waals surface area contributed by atoms with E-state index in [-0.39, 0.29) is 34.8 Å². The van der Waals surface area contributed by atoms with E-state index in [1.54, 1.807) is 11.8 Å². The van der Waals surface area contributed by atoms with Crippen LogP contribution in [0.25, 0.3) is 0 Å². The molecule has 0 aromatic heterocycles. The van der Waals surface area contributed by atoms with E-state index in [1.165, 1.54) is 0 Å². The summed E-state index contributed by atoms with van der Waals surface area (Å²) >= 11 is 7.94. The van der Waals surface area contributed by atoms with Crippen molar-refractivity contribution in [3.63, 3.8) is 0 Å². The minimum atomic E-state index is -0.701. The Morgan fingerprint density at radius 2 is 1.85 bits per heavy atom. The second kappa shape index (κ2) is 9.60. The number of amides is 1. The van der Waals surface area contributed by atoms with Gasteiger partial charge in [-0.25, -0.2) is 9.38 Å². The molecule has 1 aliphatic heterocycles. The van der Waals surface area contributed by atoms with Crippen LogP contribution >= 0.6 is 23.4 Å². The second-order valence-electron chi connectivity index (χ2n) is 7.66. The highest BCUT2D eigenvalue weighted by Gasteiger charge is 2.29. The van der Waals surface area contributed by atoms with Crippen LogP contribution in [0.15, 0.2) is 4.99 Å². The Hall–Kier alpha value is -0.530. The molecule has 1 heterocycles. The maximum Gasteiger partial charge on any atom is 0.244 e. The van der Waals surface area contributed by atoms with Gasteiger partial charge in [0.2, 0.25) is 5.91 Å². The van der Waals surface area contributed by atoms with Crippen LogP contribution in [-0.2, 0) is 4.79 Å². The molecule has 0 aromatic rings. The lowest BCUT2D eigenvalue weighted by Gasteiger charge is -2.29. The van der Waals surface area contributed by atoms with Gasteiger partial charge in [0.05, 0.1) is 17.5 Å². The summed E-state index contributed by atoms with van der Waals surface area (Å²) in [6, 6.07) is 0.174. The number of hydrogen-bond donors (Lipinski definition) is 3. The molecule has 2 atom stereocenters. The molecule has 0 radical (unpaired) electrons. The average molecular weight is 405 g/mol. The number of carbonyl (C=O) groups excluding carboxylic acids is 1. The molecule has 0 bridgehead atoms. The third kappa shape index (κ3) is 5.99. The van der Waals surface area contributed by atoms with Gasteiger partial charge in [0.15, 0.2) is 5.96 Å². The number of halogens is 2. The number of nitrogens with one attached hydrogen (secondary N) is 3. The summed E-state index contributed by atoms with van der Waals surface area (Å²) in [6.07, 6.45) is 5.82. The summed E-state index contributed by atoms with van der Waals surface area (Å²) in [5.74, 6) is 1.28. The van der Waals surface area contributed by atoms with Gasteiger partial charge in [-0.05, 0) is 58.3 Å². The van der Waals surface area contributed by atoms with Gasteiger partial charge >= 0.3 is 0 Å². The van der Waals surface area contributed by atoms with Crippen LogP contribution in [0.1, 0.15) is 58.3 Å². The molecular formula is C18H30ClFN4OS. The molecule has 0 spiro atoms. The first-order valence-electron chi connectivity index (χ1n) is 9.80. The first-order chi connectivity index (χ1) is 12.5. The lowest BCUT2D eigenvalue weighted by molar-refractivity contribution is -0.121. The molecule has 26 heavy (non-hydrogen) atoms. The van der Waals surface area contributed by atoms with Crippen molar-refractivity contribution in [3.8, 4) is 0 Å². The van der Waals surface area contributed by atoms with Gasteiger partial charge in [0.1, 0.15) is 6.17 Å². The number of hydrogen-bond acceptors (Lipinski definition) is 4. The molecule has 5 nitrogen and oxygen atoms in total. The van der Waals surface area contributed by atoms with Crippen molar-refractivity contribution in [2.24, 2.45) is 4.99 Å². The molecule has 1 amide bonds. The summed E-state index contributed by atoms with van der Waals surface area (Å²) in [5.41, 5.74) is 0. The maximum absolute atomic E-state index is 13.4. The van der Waals surface area contributed by atoms with Crippen LogP contribution < -0.4 is 16.0 Å². The fraction of sp³-hybridized carbons (Fsp3) is 0.889. The Labute approximate surface area is 164 Å². The van der Waals surface area contributed by atoms with E-state index in [0.717, 1.165) is 44.3 Å². The summed E-state index contributed by atoms with van der Waals surface area (Å²) in [7, 11) is 0.